The molecule has 1 aromatic rings. The Morgan fingerprint density at radius 1 is 1.37 bits per heavy atom. The normalized spacial score (nSPS) is 24.1. The largest absolute Gasteiger partial charge is 0.381 e. The Bertz CT molecular complexity index is 420. The standard InChI is InChI=1S/C15H24N2OS/c1-10(2)14-13(8-16-12-5-6-12)19-15(17-14)11-4-3-7-18-9-11/h10-12,16H,3-9H2,1-2H3. The minimum absolute atomic E-state index is 0.519. The molecule has 0 amide bonds. The molecule has 2 aliphatic rings. The van der Waals surface area contributed by atoms with Crippen molar-refractivity contribution in [3.63, 3.8) is 0 Å². The average Bonchev–Trinajstić information content (AvgIpc) is 3.15. The second-order valence-electron chi connectivity index (χ2n) is 6.08. The van der Waals surface area contributed by atoms with Crippen LogP contribution in [-0.2, 0) is 11.3 Å². The van der Waals surface area contributed by atoms with Crippen LogP contribution in [-0.4, -0.2) is 24.2 Å². The molecule has 0 aromatic carbocycles. The summed E-state index contributed by atoms with van der Waals surface area (Å²) < 4.78 is 5.61. The Hall–Kier alpha value is -0.450. The quantitative estimate of drug-likeness (QED) is 0.897. The highest BCUT2D eigenvalue weighted by atomic mass is 32.1. The third-order valence-electron chi connectivity index (χ3n) is 3.93. The summed E-state index contributed by atoms with van der Waals surface area (Å²) in [6, 6.07) is 0.767. The molecule has 0 spiro atoms. The van der Waals surface area contributed by atoms with E-state index >= 15 is 0 Å². The molecule has 3 rings (SSSR count). The minimum Gasteiger partial charge on any atom is -0.381 e. The number of hydrogen-bond acceptors (Lipinski definition) is 4. The van der Waals surface area contributed by atoms with Crippen LogP contribution in [0.2, 0.25) is 0 Å². The molecule has 2 fully saturated rings. The Kier molecular flexibility index (Phi) is 4.20. The SMILES string of the molecule is CC(C)c1nc(C2CCCOC2)sc1CNC1CC1. The molecule has 1 saturated heterocycles. The summed E-state index contributed by atoms with van der Waals surface area (Å²) in [6.45, 7) is 7.28. The first-order valence-electron chi connectivity index (χ1n) is 7.54. The van der Waals surface area contributed by atoms with E-state index in [2.05, 4.69) is 19.2 Å². The molecular formula is C15H24N2OS. The minimum atomic E-state index is 0.519. The maximum Gasteiger partial charge on any atom is 0.0985 e. The van der Waals surface area contributed by atoms with Crippen molar-refractivity contribution in [3.05, 3.63) is 15.6 Å². The highest BCUT2D eigenvalue weighted by Gasteiger charge is 2.25. The van der Waals surface area contributed by atoms with Crippen LogP contribution in [0.3, 0.4) is 0 Å². The van der Waals surface area contributed by atoms with E-state index < -0.39 is 0 Å². The van der Waals surface area contributed by atoms with Gasteiger partial charge in [-0.3, -0.25) is 0 Å². The van der Waals surface area contributed by atoms with Crippen molar-refractivity contribution >= 4 is 11.3 Å². The second-order valence-corrected chi connectivity index (χ2v) is 7.20. The molecule has 1 saturated carbocycles. The molecular weight excluding hydrogens is 256 g/mol. The van der Waals surface area contributed by atoms with Gasteiger partial charge in [-0.05, 0) is 31.6 Å². The van der Waals surface area contributed by atoms with Crippen LogP contribution in [0.1, 0.15) is 66.9 Å². The summed E-state index contributed by atoms with van der Waals surface area (Å²) in [7, 11) is 0. The number of thiazole rings is 1. The van der Waals surface area contributed by atoms with Crippen molar-refractivity contribution < 1.29 is 4.74 Å². The van der Waals surface area contributed by atoms with Gasteiger partial charge in [-0.25, -0.2) is 4.98 Å². The van der Waals surface area contributed by atoms with E-state index in [4.69, 9.17) is 9.72 Å². The van der Waals surface area contributed by atoms with Gasteiger partial charge in [-0.15, -0.1) is 11.3 Å². The summed E-state index contributed by atoms with van der Waals surface area (Å²) in [5.74, 6) is 1.05. The van der Waals surface area contributed by atoms with Gasteiger partial charge < -0.3 is 10.1 Å². The van der Waals surface area contributed by atoms with Crippen molar-refractivity contribution in [1.82, 2.24) is 10.3 Å². The molecule has 1 aliphatic carbocycles. The fourth-order valence-corrected chi connectivity index (χ4v) is 3.89. The van der Waals surface area contributed by atoms with Crippen molar-refractivity contribution in [2.45, 2.75) is 64.0 Å². The molecule has 19 heavy (non-hydrogen) atoms. The van der Waals surface area contributed by atoms with Crippen LogP contribution in [0.15, 0.2) is 0 Å². The predicted octanol–water partition coefficient (Wildman–Crippen LogP) is 3.41. The highest BCUT2D eigenvalue weighted by molar-refractivity contribution is 7.11. The van der Waals surface area contributed by atoms with Crippen molar-refractivity contribution in [3.8, 4) is 0 Å². The Labute approximate surface area is 119 Å². The van der Waals surface area contributed by atoms with Gasteiger partial charge in [0, 0.05) is 30.0 Å². The van der Waals surface area contributed by atoms with Crippen LogP contribution in [0.4, 0.5) is 0 Å². The number of aromatic nitrogens is 1. The lowest BCUT2D eigenvalue weighted by Gasteiger charge is -2.19. The Balaban J connectivity index is 1.74. The third-order valence-corrected chi connectivity index (χ3v) is 5.16. The van der Waals surface area contributed by atoms with Gasteiger partial charge in [0.1, 0.15) is 0 Å². The van der Waals surface area contributed by atoms with Gasteiger partial charge in [-0.2, -0.15) is 0 Å². The molecule has 1 aromatic heterocycles. The van der Waals surface area contributed by atoms with Crippen LogP contribution in [0.25, 0.3) is 0 Å². The highest BCUT2D eigenvalue weighted by Crippen LogP contribution is 2.33. The molecule has 1 aliphatic heterocycles. The molecule has 0 bridgehead atoms. The molecule has 1 unspecified atom stereocenters. The lowest BCUT2D eigenvalue weighted by atomic mass is 10.0. The number of hydrogen-bond donors (Lipinski definition) is 1. The summed E-state index contributed by atoms with van der Waals surface area (Å²) in [6.07, 6.45) is 5.11. The lowest BCUT2D eigenvalue weighted by molar-refractivity contribution is 0.0803. The number of rotatable bonds is 5. The molecule has 3 nitrogen and oxygen atoms in total. The summed E-state index contributed by atoms with van der Waals surface area (Å²) in [5, 5.41) is 4.93. The van der Waals surface area contributed by atoms with Crippen molar-refractivity contribution in [2.24, 2.45) is 0 Å². The van der Waals surface area contributed by atoms with Crippen LogP contribution in [0.5, 0.6) is 0 Å². The van der Waals surface area contributed by atoms with E-state index in [-0.39, 0.29) is 0 Å². The van der Waals surface area contributed by atoms with E-state index in [0.29, 0.717) is 11.8 Å². The molecule has 1 N–H and O–H groups in total. The van der Waals surface area contributed by atoms with Gasteiger partial charge in [0.05, 0.1) is 17.3 Å². The summed E-state index contributed by atoms with van der Waals surface area (Å²) in [5.41, 5.74) is 1.30. The van der Waals surface area contributed by atoms with Gasteiger partial charge in [0.25, 0.3) is 0 Å². The molecule has 0 radical (unpaired) electrons. The number of nitrogens with zero attached hydrogens (tertiary/aromatic N) is 1. The van der Waals surface area contributed by atoms with Gasteiger partial charge in [0.2, 0.25) is 0 Å². The molecule has 4 heteroatoms. The van der Waals surface area contributed by atoms with Crippen molar-refractivity contribution in [1.29, 1.82) is 0 Å². The van der Waals surface area contributed by atoms with Gasteiger partial charge in [0.15, 0.2) is 0 Å². The smallest absolute Gasteiger partial charge is 0.0985 e. The Morgan fingerprint density at radius 2 is 2.21 bits per heavy atom. The van der Waals surface area contributed by atoms with Crippen LogP contribution < -0.4 is 5.32 Å². The number of ether oxygens (including phenoxy) is 1. The van der Waals surface area contributed by atoms with Crippen LogP contribution >= 0.6 is 11.3 Å². The number of nitrogens with one attached hydrogen (secondary N) is 1. The van der Waals surface area contributed by atoms with Crippen LogP contribution in [0, 0.1) is 0 Å². The third kappa shape index (κ3) is 3.36. The van der Waals surface area contributed by atoms with E-state index in [1.807, 2.05) is 11.3 Å². The van der Waals surface area contributed by atoms with Gasteiger partial charge in [-0.1, -0.05) is 13.8 Å². The van der Waals surface area contributed by atoms with E-state index in [0.717, 1.165) is 25.8 Å². The lowest BCUT2D eigenvalue weighted by Crippen LogP contribution is -2.15. The molecule has 1 atom stereocenters. The summed E-state index contributed by atoms with van der Waals surface area (Å²) >= 11 is 1.91. The fraction of sp³-hybridized carbons (Fsp3) is 0.800. The Morgan fingerprint density at radius 3 is 2.84 bits per heavy atom. The molecule has 2 heterocycles. The zero-order valence-corrected chi connectivity index (χ0v) is 12.8. The van der Waals surface area contributed by atoms with E-state index in [1.165, 1.54) is 41.3 Å². The first-order chi connectivity index (χ1) is 9.24. The van der Waals surface area contributed by atoms with E-state index in [1.54, 1.807) is 0 Å². The predicted molar refractivity (Wildman–Crippen MR) is 78.9 cm³/mol. The first-order valence-corrected chi connectivity index (χ1v) is 8.36. The molecule has 106 valence electrons. The first kappa shape index (κ1) is 13.5. The maximum atomic E-state index is 5.61. The zero-order valence-electron chi connectivity index (χ0n) is 11.9. The zero-order chi connectivity index (χ0) is 13.2. The monoisotopic (exact) mass is 280 g/mol. The van der Waals surface area contributed by atoms with Gasteiger partial charge >= 0.3 is 0 Å². The second kappa shape index (κ2) is 5.90. The van der Waals surface area contributed by atoms with E-state index in [9.17, 15) is 0 Å². The maximum absolute atomic E-state index is 5.61. The summed E-state index contributed by atoms with van der Waals surface area (Å²) in [4.78, 5) is 6.38. The average molecular weight is 280 g/mol. The topological polar surface area (TPSA) is 34.1 Å². The van der Waals surface area contributed by atoms with Crippen molar-refractivity contribution in [2.75, 3.05) is 13.2 Å². The fourth-order valence-electron chi connectivity index (χ4n) is 2.59.